The zero-order valence-corrected chi connectivity index (χ0v) is 22.2. The number of thiazole rings is 1. The fourth-order valence-electron chi connectivity index (χ4n) is 5.01. The molecule has 0 radical (unpaired) electrons. The Balaban J connectivity index is 1.63. The summed E-state index contributed by atoms with van der Waals surface area (Å²) in [6.07, 6.45) is 4.12. The average Bonchev–Trinajstić information content (AvgIpc) is 3.50. The molecule has 0 spiro atoms. The van der Waals surface area contributed by atoms with Gasteiger partial charge in [-0.15, -0.1) is 11.3 Å². The summed E-state index contributed by atoms with van der Waals surface area (Å²) < 4.78 is 0. The van der Waals surface area contributed by atoms with Gasteiger partial charge in [0.05, 0.1) is 34.8 Å². The minimum absolute atomic E-state index is 0.00818. The summed E-state index contributed by atoms with van der Waals surface area (Å²) in [6.45, 7) is 3.88. The molecule has 186 valence electrons. The van der Waals surface area contributed by atoms with Crippen molar-refractivity contribution in [3.63, 3.8) is 0 Å². The molecule has 4 aromatic carbocycles. The SMILES string of the molecule is CCCCN(Cc1ccc(C#N)cc1)C(c1ccc(C#N)c(-c2cccc3ccccc23)c1)c1cncs1. The maximum Gasteiger partial charge on any atom is 0.0998 e. The van der Waals surface area contributed by atoms with Crippen LogP contribution in [0.4, 0.5) is 0 Å². The van der Waals surface area contributed by atoms with Crippen LogP contribution in [0.25, 0.3) is 21.9 Å². The number of fused-ring (bicyclic) bond motifs is 1. The first-order valence-corrected chi connectivity index (χ1v) is 13.7. The molecular weight excluding hydrogens is 484 g/mol. The summed E-state index contributed by atoms with van der Waals surface area (Å²) in [7, 11) is 0. The van der Waals surface area contributed by atoms with E-state index in [0.717, 1.165) is 59.0 Å². The molecule has 0 bridgehead atoms. The third-order valence-corrected chi connectivity index (χ3v) is 7.74. The van der Waals surface area contributed by atoms with Gasteiger partial charge < -0.3 is 0 Å². The molecule has 0 N–H and O–H groups in total. The molecule has 0 saturated heterocycles. The highest BCUT2D eigenvalue weighted by Gasteiger charge is 2.25. The van der Waals surface area contributed by atoms with Crippen LogP contribution in [0.5, 0.6) is 0 Å². The lowest BCUT2D eigenvalue weighted by atomic mass is 9.91. The number of nitriles is 2. The molecule has 1 atom stereocenters. The molecule has 0 aliphatic rings. The smallest absolute Gasteiger partial charge is 0.0998 e. The first-order chi connectivity index (χ1) is 18.7. The summed E-state index contributed by atoms with van der Waals surface area (Å²) in [5.74, 6) is 0. The lowest BCUT2D eigenvalue weighted by molar-refractivity contribution is 0.215. The first-order valence-electron chi connectivity index (χ1n) is 12.9. The van der Waals surface area contributed by atoms with E-state index < -0.39 is 0 Å². The molecule has 1 aromatic heterocycles. The van der Waals surface area contributed by atoms with Crippen molar-refractivity contribution in [2.24, 2.45) is 0 Å². The van der Waals surface area contributed by atoms with Gasteiger partial charge in [0.2, 0.25) is 0 Å². The Morgan fingerprint density at radius 1 is 0.895 bits per heavy atom. The monoisotopic (exact) mass is 512 g/mol. The van der Waals surface area contributed by atoms with Gasteiger partial charge >= 0.3 is 0 Å². The van der Waals surface area contributed by atoms with E-state index in [1.165, 1.54) is 4.88 Å². The molecular formula is C33H28N4S. The van der Waals surface area contributed by atoms with Gasteiger partial charge in [0.15, 0.2) is 0 Å². The normalized spacial score (nSPS) is 11.8. The van der Waals surface area contributed by atoms with Crippen molar-refractivity contribution in [3.05, 3.63) is 124 Å². The van der Waals surface area contributed by atoms with E-state index in [1.807, 2.05) is 54.2 Å². The summed E-state index contributed by atoms with van der Waals surface area (Å²) in [5, 5.41) is 21.6. The molecule has 0 aliphatic carbocycles. The van der Waals surface area contributed by atoms with Crippen molar-refractivity contribution in [2.45, 2.75) is 32.4 Å². The lowest BCUT2D eigenvalue weighted by Gasteiger charge is -2.32. The minimum atomic E-state index is -0.00818. The molecule has 0 aliphatic heterocycles. The van der Waals surface area contributed by atoms with Crippen molar-refractivity contribution >= 4 is 22.1 Å². The number of hydrogen-bond donors (Lipinski definition) is 0. The van der Waals surface area contributed by atoms with Crippen LogP contribution in [0.3, 0.4) is 0 Å². The molecule has 1 unspecified atom stereocenters. The van der Waals surface area contributed by atoms with Gasteiger partial charge in [-0.1, -0.05) is 74.0 Å². The molecule has 1 heterocycles. The molecule has 0 fully saturated rings. The van der Waals surface area contributed by atoms with Gasteiger partial charge in [-0.3, -0.25) is 9.88 Å². The Labute approximate surface area is 228 Å². The maximum absolute atomic E-state index is 10.0. The highest BCUT2D eigenvalue weighted by atomic mass is 32.1. The van der Waals surface area contributed by atoms with Crippen molar-refractivity contribution in [1.82, 2.24) is 9.88 Å². The zero-order chi connectivity index (χ0) is 26.3. The molecule has 5 rings (SSSR count). The Morgan fingerprint density at radius 2 is 1.71 bits per heavy atom. The van der Waals surface area contributed by atoms with Gasteiger partial charge in [-0.25, -0.2) is 0 Å². The molecule has 5 heteroatoms. The van der Waals surface area contributed by atoms with Crippen LogP contribution in [0.2, 0.25) is 0 Å². The van der Waals surface area contributed by atoms with E-state index in [9.17, 15) is 10.5 Å². The van der Waals surface area contributed by atoms with E-state index in [0.29, 0.717) is 11.1 Å². The fraction of sp³-hybridized carbons (Fsp3) is 0.182. The first kappa shape index (κ1) is 25.4. The van der Waals surface area contributed by atoms with Crippen molar-refractivity contribution in [1.29, 1.82) is 10.5 Å². The van der Waals surface area contributed by atoms with Gasteiger partial charge in [-0.2, -0.15) is 10.5 Å². The Morgan fingerprint density at radius 3 is 2.45 bits per heavy atom. The number of rotatable bonds is 9. The topological polar surface area (TPSA) is 63.7 Å². The summed E-state index contributed by atoms with van der Waals surface area (Å²) in [4.78, 5) is 8.08. The third-order valence-electron chi connectivity index (χ3n) is 6.91. The maximum atomic E-state index is 10.0. The zero-order valence-electron chi connectivity index (χ0n) is 21.3. The van der Waals surface area contributed by atoms with Crippen LogP contribution in [0.1, 0.15) is 52.9 Å². The average molecular weight is 513 g/mol. The number of aromatic nitrogens is 1. The Hall–Kier alpha value is -4.29. The number of nitrogens with zero attached hydrogens (tertiary/aromatic N) is 4. The van der Waals surface area contributed by atoms with Gasteiger partial charge in [-0.05, 0) is 64.7 Å². The van der Waals surface area contributed by atoms with Crippen LogP contribution in [0, 0.1) is 22.7 Å². The largest absolute Gasteiger partial charge is 0.287 e. The van der Waals surface area contributed by atoms with Crippen molar-refractivity contribution < 1.29 is 0 Å². The molecule has 0 saturated carbocycles. The van der Waals surface area contributed by atoms with Crippen LogP contribution in [-0.4, -0.2) is 16.4 Å². The minimum Gasteiger partial charge on any atom is -0.287 e. The van der Waals surface area contributed by atoms with Gasteiger partial charge in [0.1, 0.15) is 0 Å². The second kappa shape index (κ2) is 11.8. The Bertz CT molecular complexity index is 1600. The third kappa shape index (κ3) is 5.36. The summed E-state index contributed by atoms with van der Waals surface area (Å²) >= 11 is 1.66. The van der Waals surface area contributed by atoms with Crippen molar-refractivity contribution in [2.75, 3.05) is 6.54 Å². The molecule has 38 heavy (non-hydrogen) atoms. The van der Waals surface area contributed by atoms with E-state index in [4.69, 9.17) is 0 Å². The standard InChI is InChI=1S/C33H28N4S/c1-2-3-17-37(22-25-13-11-24(19-34)12-14-25)33(32-21-36-23-38-32)27-15-16-28(20-35)31(18-27)30-10-6-8-26-7-4-5-9-29(26)30/h4-16,18,21,23,33H,2-3,17,22H2,1H3. The highest BCUT2D eigenvalue weighted by molar-refractivity contribution is 7.09. The predicted octanol–water partition coefficient (Wildman–Crippen LogP) is 8.10. The summed E-state index contributed by atoms with van der Waals surface area (Å²) in [6, 6.07) is 33.3. The van der Waals surface area contributed by atoms with E-state index in [2.05, 4.69) is 71.4 Å². The quantitative estimate of drug-likeness (QED) is 0.200. The lowest BCUT2D eigenvalue weighted by Crippen LogP contribution is -2.30. The molecule has 4 nitrogen and oxygen atoms in total. The molecule has 5 aromatic rings. The van der Waals surface area contributed by atoms with Crippen LogP contribution >= 0.6 is 11.3 Å². The second-order valence-electron chi connectivity index (χ2n) is 9.38. The van der Waals surface area contributed by atoms with Crippen LogP contribution in [0.15, 0.2) is 96.6 Å². The van der Waals surface area contributed by atoms with Crippen molar-refractivity contribution in [3.8, 4) is 23.3 Å². The van der Waals surface area contributed by atoms with Gasteiger partial charge in [0.25, 0.3) is 0 Å². The highest BCUT2D eigenvalue weighted by Crippen LogP contribution is 2.37. The number of unbranched alkanes of at least 4 members (excludes halogenated alkanes) is 1. The van der Waals surface area contributed by atoms with Crippen LogP contribution in [-0.2, 0) is 6.54 Å². The fourth-order valence-corrected chi connectivity index (χ4v) is 5.79. The van der Waals surface area contributed by atoms with E-state index >= 15 is 0 Å². The Kier molecular flexibility index (Phi) is 7.90. The van der Waals surface area contributed by atoms with E-state index in [-0.39, 0.29) is 6.04 Å². The van der Waals surface area contributed by atoms with Crippen LogP contribution < -0.4 is 0 Å². The summed E-state index contributed by atoms with van der Waals surface area (Å²) in [5.41, 5.74) is 7.54. The van der Waals surface area contributed by atoms with Gasteiger partial charge in [0, 0.05) is 23.2 Å². The number of hydrogen-bond acceptors (Lipinski definition) is 5. The van der Waals surface area contributed by atoms with E-state index in [1.54, 1.807) is 11.3 Å². The molecule has 0 amide bonds. The number of benzene rings is 4. The second-order valence-corrected chi connectivity index (χ2v) is 10.3. The predicted molar refractivity (Wildman–Crippen MR) is 155 cm³/mol.